The van der Waals surface area contributed by atoms with Gasteiger partial charge in [-0.3, -0.25) is 13.9 Å². The van der Waals surface area contributed by atoms with Crippen LogP contribution in [0.5, 0.6) is 5.75 Å². The Morgan fingerprint density at radius 2 is 1.49 bits per heavy atom. The van der Waals surface area contributed by atoms with Crippen LogP contribution in [0.1, 0.15) is 24.2 Å². The molecule has 0 fully saturated rings. The van der Waals surface area contributed by atoms with Gasteiger partial charge in [-0.05, 0) is 61.0 Å². The lowest BCUT2D eigenvalue weighted by atomic mass is 10.1. The van der Waals surface area contributed by atoms with E-state index in [0.29, 0.717) is 11.4 Å². The van der Waals surface area contributed by atoms with Gasteiger partial charge in [0.15, 0.2) is 6.61 Å². The van der Waals surface area contributed by atoms with Gasteiger partial charge in [0.2, 0.25) is 0 Å². The highest BCUT2D eigenvalue weighted by Crippen LogP contribution is 2.26. The molecule has 35 heavy (non-hydrogen) atoms. The number of carbonyl (C=O) groups is 2. The van der Waals surface area contributed by atoms with Crippen molar-refractivity contribution in [2.24, 2.45) is 0 Å². The minimum absolute atomic E-state index is 0.285. The first-order valence-electron chi connectivity index (χ1n) is 10.6. The van der Waals surface area contributed by atoms with Crippen molar-refractivity contribution >= 4 is 44.4 Å². The Morgan fingerprint density at radius 1 is 0.943 bits per heavy atom. The number of fused-ring (bicyclic) bond motifs is 1. The molecular weight excluding hydrogens is 476 g/mol. The van der Waals surface area contributed by atoms with Gasteiger partial charge >= 0.3 is 16.4 Å². The van der Waals surface area contributed by atoms with Gasteiger partial charge in [-0.25, -0.2) is 4.79 Å². The number of methoxy groups -OCH3 is 1. The molecule has 188 valence electrons. The first-order chi connectivity index (χ1) is 16.5. The van der Waals surface area contributed by atoms with Crippen LogP contribution in [0.2, 0.25) is 0 Å². The van der Waals surface area contributed by atoms with Crippen LogP contribution >= 0.6 is 0 Å². The maximum absolute atomic E-state index is 12.5. The molecule has 0 aliphatic carbocycles. The molecule has 0 spiro atoms. The van der Waals surface area contributed by atoms with Crippen molar-refractivity contribution in [3.63, 3.8) is 0 Å². The number of esters is 1. The predicted molar refractivity (Wildman–Crippen MR) is 134 cm³/mol. The molecule has 3 aromatic carbocycles. The second-order valence-electron chi connectivity index (χ2n) is 7.19. The summed E-state index contributed by atoms with van der Waals surface area (Å²) in [7, 11) is -3.17. The number of nitrogens with zero attached hydrogens (tertiary/aromatic N) is 1. The molecule has 1 amide bonds. The second-order valence-corrected chi connectivity index (χ2v) is 8.09. The second kappa shape index (κ2) is 12.7. The lowest BCUT2D eigenvalue weighted by molar-refractivity contribution is -0.119. The molecular formula is C24H28N2O8S. The summed E-state index contributed by atoms with van der Waals surface area (Å²) in [6, 6.07) is 18.7. The zero-order valence-electron chi connectivity index (χ0n) is 19.6. The molecule has 0 radical (unpaired) electrons. The maximum atomic E-state index is 12.5. The number of carbonyl (C=O) groups excluding carboxylic acids is 2. The number of hydrogen-bond donors (Lipinski definition) is 3. The predicted octanol–water partition coefficient (Wildman–Crippen LogP) is 3.84. The molecule has 3 aromatic rings. The number of anilines is 2. The summed E-state index contributed by atoms with van der Waals surface area (Å²) < 4.78 is 42.1. The third kappa shape index (κ3) is 8.89. The normalized spacial score (nSPS) is 10.7. The van der Waals surface area contributed by atoms with Gasteiger partial charge in [-0.1, -0.05) is 24.3 Å². The third-order valence-corrected chi connectivity index (χ3v) is 4.90. The van der Waals surface area contributed by atoms with Crippen molar-refractivity contribution < 1.29 is 36.6 Å². The Balaban J connectivity index is 0.000000784. The third-order valence-electron chi connectivity index (χ3n) is 4.90. The van der Waals surface area contributed by atoms with Crippen molar-refractivity contribution in [3.8, 4) is 5.75 Å². The molecule has 11 heteroatoms. The topological polar surface area (TPSA) is 142 Å². The number of benzene rings is 3. The summed E-state index contributed by atoms with van der Waals surface area (Å²) in [5.41, 5.74) is 2.02. The molecule has 0 atom stereocenters. The summed E-state index contributed by atoms with van der Waals surface area (Å²) in [6.07, 6.45) is 0. The van der Waals surface area contributed by atoms with Crippen LogP contribution in [-0.4, -0.2) is 56.2 Å². The van der Waals surface area contributed by atoms with Crippen molar-refractivity contribution in [1.29, 1.82) is 0 Å². The van der Waals surface area contributed by atoms with Gasteiger partial charge in [0.1, 0.15) is 11.3 Å². The highest BCUT2D eigenvalue weighted by molar-refractivity contribution is 7.79. The van der Waals surface area contributed by atoms with E-state index in [4.69, 9.17) is 27.0 Å². The van der Waals surface area contributed by atoms with E-state index in [1.807, 2.05) is 48.5 Å². The van der Waals surface area contributed by atoms with E-state index in [1.54, 1.807) is 12.1 Å². The molecule has 3 rings (SSSR count). The molecule has 0 unspecified atom stereocenters. The van der Waals surface area contributed by atoms with Gasteiger partial charge in [0, 0.05) is 24.5 Å². The minimum atomic E-state index is -4.67. The van der Waals surface area contributed by atoms with Crippen LogP contribution < -0.4 is 15.0 Å². The molecule has 0 aromatic heterocycles. The first kappa shape index (κ1) is 27.6. The Bertz CT molecular complexity index is 1250. The zero-order valence-corrected chi connectivity index (χ0v) is 20.4. The fraction of sp³-hybridized carbons (Fsp3) is 0.250. The minimum Gasteiger partial charge on any atom is -0.496 e. The van der Waals surface area contributed by atoms with Crippen molar-refractivity contribution in [1.82, 2.24) is 0 Å². The Labute approximate surface area is 204 Å². The Kier molecular flexibility index (Phi) is 10.0. The van der Waals surface area contributed by atoms with Gasteiger partial charge in [0.25, 0.3) is 5.91 Å². The zero-order chi connectivity index (χ0) is 26.0. The van der Waals surface area contributed by atoms with Crippen LogP contribution in [0.15, 0.2) is 60.7 Å². The Morgan fingerprint density at radius 3 is 2.00 bits per heavy atom. The van der Waals surface area contributed by atoms with Crippen molar-refractivity contribution in [3.05, 3.63) is 66.2 Å². The molecule has 0 aliphatic heterocycles. The maximum Gasteiger partial charge on any atom is 0.394 e. The van der Waals surface area contributed by atoms with E-state index in [9.17, 15) is 9.59 Å². The number of hydrogen-bond acceptors (Lipinski definition) is 7. The van der Waals surface area contributed by atoms with Crippen LogP contribution in [0.4, 0.5) is 11.4 Å². The fourth-order valence-corrected chi connectivity index (χ4v) is 3.30. The average Bonchev–Trinajstić information content (AvgIpc) is 2.82. The van der Waals surface area contributed by atoms with Crippen molar-refractivity contribution in [2.45, 2.75) is 13.8 Å². The van der Waals surface area contributed by atoms with Crippen LogP contribution in [0.25, 0.3) is 10.8 Å². The summed E-state index contributed by atoms with van der Waals surface area (Å²) in [5.74, 6) is -0.602. The number of amides is 1. The van der Waals surface area contributed by atoms with E-state index < -0.39 is 22.3 Å². The lowest BCUT2D eigenvalue weighted by Crippen LogP contribution is -2.22. The highest BCUT2D eigenvalue weighted by Gasteiger charge is 2.17. The van der Waals surface area contributed by atoms with Gasteiger partial charge < -0.3 is 19.7 Å². The molecule has 0 saturated carbocycles. The first-order valence-corrected chi connectivity index (χ1v) is 12.0. The molecule has 0 heterocycles. The number of ether oxygens (including phenoxy) is 2. The fourth-order valence-electron chi connectivity index (χ4n) is 3.30. The van der Waals surface area contributed by atoms with E-state index in [2.05, 4.69) is 24.1 Å². The lowest BCUT2D eigenvalue weighted by Gasteiger charge is -2.21. The molecule has 0 saturated heterocycles. The summed E-state index contributed by atoms with van der Waals surface area (Å²) in [6.45, 7) is 5.63. The Hall–Kier alpha value is -3.67. The summed E-state index contributed by atoms with van der Waals surface area (Å²) in [5, 5.41) is 4.59. The summed E-state index contributed by atoms with van der Waals surface area (Å²) >= 11 is 0. The van der Waals surface area contributed by atoms with Crippen LogP contribution in [0, 0.1) is 0 Å². The van der Waals surface area contributed by atoms with Gasteiger partial charge in [-0.15, -0.1) is 0 Å². The molecule has 0 aliphatic rings. The van der Waals surface area contributed by atoms with E-state index in [-0.39, 0.29) is 12.2 Å². The van der Waals surface area contributed by atoms with Gasteiger partial charge in [-0.2, -0.15) is 8.42 Å². The standard InChI is InChI=1S/C24H26N2O4.H2O4S/c1-4-26(5-2)20-12-10-19(11-13-20)25-23(27)16-30-24(28)21-14-17-8-6-7-9-18(17)15-22(21)29-3;1-5(2,3)4/h6-15H,4-5,16H2,1-3H3,(H,25,27);(H2,1,2,3,4). The molecule has 3 N–H and O–H groups in total. The van der Waals surface area contributed by atoms with Crippen molar-refractivity contribution in [2.75, 3.05) is 37.0 Å². The van der Waals surface area contributed by atoms with Crippen LogP contribution in [0.3, 0.4) is 0 Å². The highest BCUT2D eigenvalue weighted by atomic mass is 32.3. The quantitative estimate of drug-likeness (QED) is 0.308. The SMILES string of the molecule is CCN(CC)c1ccc(NC(=O)COC(=O)c2cc3ccccc3cc2OC)cc1.O=S(=O)(O)O. The number of nitrogens with one attached hydrogen (secondary N) is 1. The monoisotopic (exact) mass is 504 g/mol. The largest absolute Gasteiger partial charge is 0.496 e. The van der Waals surface area contributed by atoms with Gasteiger partial charge in [0.05, 0.1) is 7.11 Å². The van der Waals surface area contributed by atoms with E-state index in [1.165, 1.54) is 7.11 Å². The number of rotatable bonds is 8. The summed E-state index contributed by atoms with van der Waals surface area (Å²) in [4.78, 5) is 27.0. The van der Waals surface area contributed by atoms with E-state index >= 15 is 0 Å². The smallest absolute Gasteiger partial charge is 0.394 e. The molecule has 10 nitrogen and oxygen atoms in total. The van der Waals surface area contributed by atoms with E-state index in [0.717, 1.165) is 29.5 Å². The average molecular weight is 505 g/mol. The van der Waals surface area contributed by atoms with Crippen LogP contribution in [-0.2, 0) is 19.9 Å². The molecule has 0 bridgehead atoms.